The fourth-order valence-corrected chi connectivity index (χ4v) is 3.20. The van der Waals surface area contributed by atoms with E-state index in [2.05, 4.69) is 21.2 Å². The topological polar surface area (TPSA) is 55.4 Å². The van der Waals surface area contributed by atoms with Crippen LogP contribution in [0.2, 0.25) is 0 Å². The Morgan fingerprint density at radius 1 is 1.19 bits per heavy atom. The third-order valence-electron chi connectivity index (χ3n) is 2.64. The number of rotatable bonds is 5. The van der Waals surface area contributed by atoms with E-state index in [1.165, 1.54) is 11.3 Å². The van der Waals surface area contributed by atoms with Crippen LogP contribution in [0.5, 0.6) is 0 Å². The van der Waals surface area contributed by atoms with Crippen LogP contribution in [-0.4, -0.2) is 18.5 Å². The van der Waals surface area contributed by atoms with E-state index < -0.39 is 0 Å². The lowest BCUT2D eigenvalue weighted by molar-refractivity contribution is -0.115. The van der Waals surface area contributed by atoms with E-state index >= 15 is 0 Å². The molecule has 1 aromatic heterocycles. The second-order valence-corrected chi connectivity index (χ2v) is 6.78. The SMILES string of the molecule is CCOC(=O)c1ccc(NC(=O)Cc2ccc(Br)s2)cc1. The van der Waals surface area contributed by atoms with Crippen molar-refractivity contribution in [3.05, 3.63) is 50.6 Å². The fraction of sp³-hybridized carbons (Fsp3) is 0.200. The van der Waals surface area contributed by atoms with Crippen molar-refractivity contribution in [1.29, 1.82) is 0 Å². The molecule has 110 valence electrons. The van der Waals surface area contributed by atoms with Gasteiger partial charge in [-0.1, -0.05) is 0 Å². The summed E-state index contributed by atoms with van der Waals surface area (Å²) >= 11 is 4.90. The predicted octanol–water partition coefficient (Wildman–Crippen LogP) is 3.87. The van der Waals surface area contributed by atoms with Crippen LogP contribution in [0, 0.1) is 0 Å². The summed E-state index contributed by atoms with van der Waals surface area (Å²) in [4.78, 5) is 24.4. The fourth-order valence-electron chi connectivity index (χ4n) is 1.71. The number of ether oxygens (including phenoxy) is 1. The Bertz CT molecular complexity index is 637. The monoisotopic (exact) mass is 367 g/mol. The van der Waals surface area contributed by atoms with Crippen molar-refractivity contribution in [1.82, 2.24) is 0 Å². The van der Waals surface area contributed by atoms with Gasteiger partial charge in [0.15, 0.2) is 0 Å². The minimum atomic E-state index is -0.362. The molecular formula is C15H14BrNO3S. The second kappa shape index (κ2) is 7.38. The Morgan fingerprint density at radius 3 is 2.48 bits per heavy atom. The van der Waals surface area contributed by atoms with E-state index in [-0.39, 0.29) is 11.9 Å². The summed E-state index contributed by atoms with van der Waals surface area (Å²) in [5.41, 5.74) is 1.13. The van der Waals surface area contributed by atoms with E-state index in [9.17, 15) is 9.59 Å². The Hall–Kier alpha value is -1.66. The first-order valence-corrected chi connectivity index (χ1v) is 8.00. The quantitative estimate of drug-likeness (QED) is 0.816. The lowest BCUT2D eigenvalue weighted by Gasteiger charge is -2.06. The van der Waals surface area contributed by atoms with Gasteiger partial charge in [-0.25, -0.2) is 4.79 Å². The minimum absolute atomic E-state index is 0.0896. The maximum Gasteiger partial charge on any atom is 0.338 e. The van der Waals surface area contributed by atoms with Gasteiger partial charge in [0, 0.05) is 10.6 Å². The van der Waals surface area contributed by atoms with Crippen molar-refractivity contribution >= 4 is 44.8 Å². The molecule has 0 saturated heterocycles. The molecule has 1 aromatic carbocycles. The number of nitrogens with one attached hydrogen (secondary N) is 1. The lowest BCUT2D eigenvalue weighted by Crippen LogP contribution is -2.13. The highest BCUT2D eigenvalue weighted by atomic mass is 79.9. The molecule has 0 fully saturated rings. The number of benzene rings is 1. The van der Waals surface area contributed by atoms with Gasteiger partial charge >= 0.3 is 5.97 Å². The zero-order valence-corrected chi connectivity index (χ0v) is 13.8. The molecular weight excluding hydrogens is 354 g/mol. The van der Waals surface area contributed by atoms with E-state index in [1.54, 1.807) is 31.2 Å². The number of hydrogen-bond acceptors (Lipinski definition) is 4. The van der Waals surface area contributed by atoms with E-state index in [0.29, 0.717) is 24.3 Å². The Labute approximate surface area is 135 Å². The van der Waals surface area contributed by atoms with Crippen LogP contribution >= 0.6 is 27.3 Å². The van der Waals surface area contributed by atoms with Gasteiger partial charge < -0.3 is 10.1 Å². The molecule has 0 bridgehead atoms. The van der Waals surface area contributed by atoms with Gasteiger partial charge in [-0.3, -0.25) is 4.79 Å². The molecule has 0 aliphatic heterocycles. The summed E-state index contributed by atoms with van der Waals surface area (Å²) in [5.74, 6) is -0.452. The number of carbonyl (C=O) groups is 2. The first kappa shape index (κ1) is 15.7. The van der Waals surface area contributed by atoms with Crippen molar-refractivity contribution in [2.45, 2.75) is 13.3 Å². The van der Waals surface area contributed by atoms with Gasteiger partial charge in [-0.15, -0.1) is 11.3 Å². The summed E-state index contributed by atoms with van der Waals surface area (Å²) in [6.07, 6.45) is 0.329. The summed E-state index contributed by atoms with van der Waals surface area (Å²) in [6, 6.07) is 10.5. The van der Waals surface area contributed by atoms with Crippen molar-refractivity contribution in [2.75, 3.05) is 11.9 Å². The Balaban J connectivity index is 1.93. The van der Waals surface area contributed by atoms with Crippen molar-refractivity contribution in [3.8, 4) is 0 Å². The molecule has 2 rings (SSSR count). The molecule has 0 aliphatic carbocycles. The number of thiophene rings is 1. The normalized spacial score (nSPS) is 10.2. The van der Waals surface area contributed by atoms with E-state index in [4.69, 9.17) is 4.74 Å². The molecule has 0 aliphatic rings. The third-order valence-corrected chi connectivity index (χ3v) is 4.27. The number of halogens is 1. The number of carbonyl (C=O) groups excluding carboxylic acids is 2. The molecule has 1 amide bonds. The highest BCUT2D eigenvalue weighted by Crippen LogP contribution is 2.22. The predicted molar refractivity (Wildman–Crippen MR) is 86.8 cm³/mol. The maximum absolute atomic E-state index is 11.9. The average molecular weight is 368 g/mol. The molecule has 6 heteroatoms. The van der Waals surface area contributed by atoms with Crippen LogP contribution < -0.4 is 5.32 Å². The lowest BCUT2D eigenvalue weighted by atomic mass is 10.2. The number of esters is 1. The van der Waals surface area contributed by atoms with Gasteiger partial charge in [-0.05, 0) is 59.3 Å². The summed E-state index contributed by atoms with van der Waals surface area (Å²) < 4.78 is 5.90. The van der Waals surface area contributed by atoms with Crippen LogP contribution in [0.1, 0.15) is 22.2 Å². The highest BCUT2D eigenvalue weighted by Gasteiger charge is 2.08. The van der Waals surface area contributed by atoms with Crippen LogP contribution in [0.3, 0.4) is 0 Å². The van der Waals surface area contributed by atoms with Crippen molar-refractivity contribution < 1.29 is 14.3 Å². The molecule has 0 radical (unpaired) electrons. The Kier molecular flexibility index (Phi) is 5.52. The van der Waals surface area contributed by atoms with E-state index in [0.717, 1.165) is 8.66 Å². The van der Waals surface area contributed by atoms with E-state index in [1.807, 2.05) is 12.1 Å². The first-order chi connectivity index (χ1) is 10.1. The molecule has 0 saturated carbocycles. The largest absolute Gasteiger partial charge is 0.462 e. The average Bonchev–Trinajstić information content (AvgIpc) is 2.85. The molecule has 0 unspecified atom stereocenters. The molecule has 1 heterocycles. The molecule has 0 spiro atoms. The van der Waals surface area contributed by atoms with Gasteiger partial charge in [-0.2, -0.15) is 0 Å². The second-order valence-electron chi connectivity index (χ2n) is 4.23. The molecule has 4 nitrogen and oxygen atoms in total. The summed E-state index contributed by atoms with van der Waals surface area (Å²) in [7, 11) is 0. The first-order valence-electron chi connectivity index (χ1n) is 6.39. The summed E-state index contributed by atoms with van der Waals surface area (Å²) in [6.45, 7) is 2.10. The smallest absolute Gasteiger partial charge is 0.338 e. The van der Waals surface area contributed by atoms with Crippen molar-refractivity contribution in [3.63, 3.8) is 0 Å². The van der Waals surface area contributed by atoms with Gasteiger partial charge in [0.2, 0.25) is 5.91 Å². The summed E-state index contributed by atoms with van der Waals surface area (Å²) in [5, 5.41) is 2.80. The Morgan fingerprint density at radius 2 is 1.90 bits per heavy atom. The maximum atomic E-state index is 11.9. The minimum Gasteiger partial charge on any atom is -0.462 e. The molecule has 1 N–H and O–H groups in total. The van der Waals surface area contributed by atoms with Gasteiger partial charge in [0.25, 0.3) is 0 Å². The van der Waals surface area contributed by atoms with Gasteiger partial charge in [0.1, 0.15) is 0 Å². The third kappa shape index (κ3) is 4.68. The van der Waals surface area contributed by atoms with Crippen LogP contribution in [-0.2, 0) is 16.0 Å². The number of anilines is 1. The number of amides is 1. The molecule has 2 aromatic rings. The van der Waals surface area contributed by atoms with Crippen molar-refractivity contribution in [2.24, 2.45) is 0 Å². The molecule has 0 atom stereocenters. The zero-order valence-electron chi connectivity index (χ0n) is 11.4. The standard InChI is InChI=1S/C15H14BrNO3S/c1-2-20-15(19)10-3-5-11(6-4-10)17-14(18)9-12-7-8-13(16)21-12/h3-8H,2,9H2,1H3,(H,17,18). The zero-order chi connectivity index (χ0) is 15.2. The highest BCUT2D eigenvalue weighted by molar-refractivity contribution is 9.11. The van der Waals surface area contributed by atoms with Crippen LogP contribution in [0.25, 0.3) is 0 Å². The van der Waals surface area contributed by atoms with Crippen LogP contribution in [0.15, 0.2) is 40.2 Å². The van der Waals surface area contributed by atoms with Gasteiger partial charge in [0.05, 0.1) is 22.4 Å². The van der Waals surface area contributed by atoms with Crippen LogP contribution in [0.4, 0.5) is 5.69 Å². The number of hydrogen-bond donors (Lipinski definition) is 1. The molecule has 21 heavy (non-hydrogen) atoms.